The van der Waals surface area contributed by atoms with Gasteiger partial charge in [0, 0.05) is 36.3 Å². The molecule has 4 rings (SSSR count). The van der Waals surface area contributed by atoms with Crippen LogP contribution in [0.3, 0.4) is 0 Å². The summed E-state index contributed by atoms with van der Waals surface area (Å²) in [4.78, 5) is 8.68. The van der Waals surface area contributed by atoms with Gasteiger partial charge >= 0.3 is 0 Å². The van der Waals surface area contributed by atoms with Gasteiger partial charge < -0.3 is 14.0 Å². The molecule has 0 N–H and O–H groups in total. The number of hydrogen-bond acceptors (Lipinski definition) is 4. The van der Waals surface area contributed by atoms with E-state index in [0.29, 0.717) is 5.92 Å². The van der Waals surface area contributed by atoms with E-state index in [1.807, 2.05) is 42.9 Å². The first kappa shape index (κ1) is 15.8. The molecule has 1 aromatic carbocycles. The quantitative estimate of drug-likeness (QED) is 0.717. The molecule has 1 saturated heterocycles. The van der Waals surface area contributed by atoms with Crippen LogP contribution < -0.4 is 4.74 Å². The van der Waals surface area contributed by atoms with Gasteiger partial charge in [0.05, 0.1) is 26.4 Å². The van der Waals surface area contributed by atoms with Gasteiger partial charge in [-0.2, -0.15) is 0 Å². The van der Waals surface area contributed by atoms with E-state index in [9.17, 15) is 0 Å². The summed E-state index contributed by atoms with van der Waals surface area (Å²) in [6.07, 6.45) is 8.59. The first-order valence-corrected chi connectivity index (χ1v) is 8.49. The predicted octanol–water partition coefficient (Wildman–Crippen LogP) is 3.38. The number of imidazole rings is 1. The van der Waals surface area contributed by atoms with Crippen LogP contribution in [0.15, 0.2) is 61.2 Å². The second-order valence-corrected chi connectivity index (χ2v) is 6.31. The van der Waals surface area contributed by atoms with Crippen molar-refractivity contribution in [3.05, 3.63) is 66.7 Å². The molecule has 0 bridgehead atoms. The lowest BCUT2D eigenvalue weighted by Crippen LogP contribution is -2.20. The van der Waals surface area contributed by atoms with Crippen molar-refractivity contribution in [2.45, 2.75) is 12.5 Å². The average molecular weight is 335 g/mol. The smallest absolute Gasteiger partial charge is 0.140 e. The number of aromatic nitrogens is 3. The number of hydrogen-bond donors (Lipinski definition) is 0. The third kappa shape index (κ3) is 3.28. The summed E-state index contributed by atoms with van der Waals surface area (Å²) in [7, 11) is 1.68. The maximum atomic E-state index is 5.81. The highest BCUT2D eigenvalue weighted by Crippen LogP contribution is 2.32. The highest BCUT2D eigenvalue weighted by atomic mass is 16.5. The summed E-state index contributed by atoms with van der Waals surface area (Å²) < 4.78 is 13.3. The largest absolute Gasteiger partial charge is 0.497 e. The summed E-state index contributed by atoms with van der Waals surface area (Å²) in [5.74, 6) is 2.24. The van der Waals surface area contributed by atoms with Crippen molar-refractivity contribution in [3.8, 4) is 17.1 Å². The molecule has 2 atom stereocenters. The Kier molecular flexibility index (Phi) is 4.48. The Balaban J connectivity index is 1.59. The molecule has 5 nitrogen and oxygen atoms in total. The average Bonchev–Trinajstić information content (AvgIpc) is 3.31. The van der Waals surface area contributed by atoms with Crippen molar-refractivity contribution in [1.82, 2.24) is 14.5 Å². The Morgan fingerprint density at radius 1 is 1.08 bits per heavy atom. The van der Waals surface area contributed by atoms with Crippen LogP contribution >= 0.6 is 0 Å². The fourth-order valence-corrected chi connectivity index (χ4v) is 3.46. The third-order valence-electron chi connectivity index (χ3n) is 4.79. The molecular formula is C20H21N3O2. The first-order valence-electron chi connectivity index (χ1n) is 8.49. The normalized spacial score (nSPS) is 19.9. The number of methoxy groups -OCH3 is 1. The number of ether oxygens (including phenoxy) is 2. The van der Waals surface area contributed by atoms with Gasteiger partial charge in [-0.05, 0) is 48.4 Å². The van der Waals surface area contributed by atoms with Crippen LogP contribution in [-0.2, 0) is 11.2 Å². The standard InChI is InChI=1S/C20H21N3O2/c1-24-18-4-2-16(3-5-18)20-22-10-11-23(20)19-14-25-13-17(19)12-15-6-8-21-9-7-15/h2-11,17,19H,12-14H2,1H3/t17-,19+/m0/s1. The van der Waals surface area contributed by atoms with Crippen molar-refractivity contribution >= 4 is 0 Å². The number of benzene rings is 1. The summed E-state index contributed by atoms with van der Waals surface area (Å²) in [6, 6.07) is 12.5. The molecule has 0 aliphatic carbocycles. The maximum absolute atomic E-state index is 5.81. The Morgan fingerprint density at radius 2 is 1.88 bits per heavy atom. The Labute approximate surface area is 147 Å². The monoisotopic (exact) mass is 335 g/mol. The molecule has 2 aromatic heterocycles. The summed E-state index contributed by atoms with van der Waals surface area (Å²) >= 11 is 0. The van der Waals surface area contributed by atoms with Crippen LogP contribution in [0, 0.1) is 5.92 Å². The fraction of sp³-hybridized carbons (Fsp3) is 0.300. The highest BCUT2D eigenvalue weighted by Gasteiger charge is 2.31. The molecular weight excluding hydrogens is 314 g/mol. The van der Waals surface area contributed by atoms with Gasteiger partial charge in [0.15, 0.2) is 0 Å². The first-order chi connectivity index (χ1) is 12.3. The van der Waals surface area contributed by atoms with E-state index < -0.39 is 0 Å². The summed E-state index contributed by atoms with van der Waals surface area (Å²) in [5, 5.41) is 0. The molecule has 3 heterocycles. The van der Waals surface area contributed by atoms with E-state index in [1.165, 1.54) is 5.56 Å². The van der Waals surface area contributed by atoms with Gasteiger partial charge in [-0.1, -0.05) is 0 Å². The molecule has 5 heteroatoms. The van der Waals surface area contributed by atoms with Crippen LogP contribution in [0.4, 0.5) is 0 Å². The van der Waals surface area contributed by atoms with Crippen molar-refractivity contribution < 1.29 is 9.47 Å². The minimum Gasteiger partial charge on any atom is -0.497 e. The van der Waals surface area contributed by atoms with Gasteiger partial charge in [0.2, 0.25) is 0 Å². The zero-order chi connectivity index (χ0) is 17.1. The summed E-state index contributed by atoms with van der Waals surface area (Å²) in [5.41, 5.74) is 2.38. The molecule has 25 heavy (non-hydrogen) atoms. The molecule has 0 saturated carbocycles. The third-order valence-corrected chi connectivity index (χ3v) is 4.79. The Bertz CT molecular complexity index is 814. The predicted molar refractivity (Wildman–Crippen MR) is 95.5 cm³/mol. The highest BCUT2D eigenvalue weighted by molar-refractivity contribution is 5.57. The van der Waals surface area contributed by atoms with Gasteiger partial charge in [0.25, 0.3) is 0 Å². The number of rotatable bonds is 5. The van der Waals surface area contributed by atoms with E-state index in [2.05, 4.69) is 32.9 Å². The van der Waals surface area contributed by atoms with E-state index in [1.54, 1.807) is 7.11 Å². The zero-order valence-corrected chi connectivity index (χ0v) is 14.2. The molecule has 0 amide bonds. The minimum absolute atomic E-state index is 0.285. The van der Waals surface area contributed by atoms with Gasteiger partial charge in [-0.25, -0.2) is 4.98 Å². The van der Waals surface area contributed by atoms with Gasteiger partial charge in [-0.3, -0.25) is 4.98 Å². The van der Waals surface area contributed by atoms with Gasteiger partial charge in [-0.15, -0.1) is 0 Å². The molecule has 0 radical (unpaired) electrons. The van der Waals surface area contributed by atoms with Crippen molar-refractivity contribution in [3.63, 3.8) is 0 Å². The second kappa shape index (κ2) is 7.07. The molecule has 128 valence electrons. The van der Waals surface area contributed by atoms with E-state index in [-0.39, 0.29) is 6.04 Å². The van der Waals surface area contributed by atoms with Crippen LogP contribution in [0.2, 0.25) is 0 Å². The molecule has 1 fully saturated rings. The van der Waals surface area contributed by atoms with E-state index in [4.69, 9.17) is 9.47 Å². The van der Waals surface area contributed by atoms with Crippen molar-refractivity contribution in [1.29, 1.82) is 0 Å². The number of pyridine rings is 1. The molecule has 1 aliphatic rings. The molecule has 3 aromatic rings. The second-order valence-electron chi connectivity index (χ2n) is 6.31. The Hall–Kier alpha value is -2.66. The number of nitrogens with zero attached hydrogens (tertiary/aromatic N) is 3. The van der Waals surface area contributed by atoms with Crippen LogP contribution in [0.1, 0.15) is 11.6 Å². The topological polar surface area (TPSA) is 49.2 Å². The zero-order valence-electron chi connectivity index (χ0n) is 14.2. The molecule has 0 spiro atoms. The van der Waals surface area contributed by atoms with E-state index >= 15 is 0 Å². The molecule has 0 unspecified atom stereocenters. The van der Waals surface area contributed by atoms with Crippen LogP contribution in [-0.4, -0.2) is 34.9 Å². The van der Waals surface area contributed by atoms with Crippen molar-refractivity contribution in [2.75, 3.05) is 20.3 Å². The lowest BCUT2D eigenvalue weighted by atomic mass is 9.95. The van der Waals surface area contributed by atoms with Gasteiger partial charge in [0.1, 0.15) is 11.6 Å². The SMILES string of the molecule is COc1ccc(-c2nccn2[C@@H]2COC[C@@H]2Cc2ccncc2)cc1. The molecule has 1 aliphatic heterocycles. The van der Waals surface area contributed by atoms with E-state index in [0.717, 1.165) is 36.8 Å². The Morgan fingerprint density at radius 3 is 2.64 bits per heavy atom. The van der Waals surface area contributed by atoms with Crippen molar-refractivity contribution in [2.24, 2.45) is 5.92 Å². The lowest BCUT2D eigenvalue weighted by molar-refractivity contribution is 0.181. The fourth-order valence-electron chi connectivity index (χ4n) is 3.46. The van der Waals surface area contributed by atoms with Crippen LogP contribution in [0.5, 0.6) is 5.75 Å². The minimum atomic E-state index is 0.285. The summed E-state index contributed by atoms with van der Waals surface area (Å²) in [6.45, 7) is 1.49. The maximum Gasteiger partial charge on any atom is 0.140 e. The van der Waals surface area contributed by atoms with Crippen LogP contribution in [0.25, 0.3) is 11.4 Å². The lowest BCUT2D eigenvalue weighted by Gasteiger charge is -2.21.